The van der Waals surface area contributed by atoms with E-state index < -0.39 is 0 Å². The number of hydrogen-bond acceptors (Lipinski definition) is 4. The second-order valence-electron chi connectivity index (χ2n) is 4.84. The van der Waals surface area contributed by atoms with E-state index in [-0.39, 0.29) is 5.78 Å². The molecule has 4 heteroatoms. The molecule has 0 aliphatic carbocycles. The van der Waals surface area contributed by atoms with Crippen LogP contribution in [0.1, 0.15) is 15.9 Å². The number of aromatic nitrogens is 1. The number of rotatable bonds is 4. The number of carbonyl (C=O) groups excluding carboxylic acids is 1. The lowest BCUT2D eigenvalue weighted by Crippen LogP contribution is -2.03. The van der Waals surface area contributed by atoms with Crippen molar-refractivity contribution in [2.75, 3.05) is 11.1 Å². The summed E-state index contributed by atoms with van der Waals surface area (Å²) in [7, 11) is 0. The van der Waals surface area contributed by atoms with Gasteiger partial charge in [0.2, 0.25) is 0 Å². The highest BCUT2D eigenvalue weighted by Gasteiger charge is 2.09. The highest BCUT2D eigenvalue weighted by Crippen LogP contribution is 2.21. The fraction of sp³-hybridized carbons (Fsp3) is 0. The molecular weight excluding hydrogens is 274 g/mol. The molecule has 0 saturated carbocycles. The van der Waals surface area contributed by atoms with E-state index in [1.54, 1.807) is 42.6 Å². The highest BCUT2D eigenvalue weighted by molar-refractivity contribution is 6.09. The molecule has 0 atom stereocenters. The first kappa shape index (κ1) is 13.8. The minimum absolute atomic E-state index is 0.0155. The van der Waals surface area contributed by atoms with Crippen LogP contribution in [-0.4, -0.2) is 10.8 Å². The van der Waals surface area contributed by atoms with Gasteiger partial charge in [0, 0.05) is 23.0 Å². The van der Waals surface area contributed by atoms with Crippen molar-refractivity contribution in [3.8, 4) is 0 Å². The lowest BCUT2D eigenvalue weighted by atomic mass is 10.0. The number of nitrogens with one attached hydrogen (secondary N) is 1. The summed E-state index contributed by atoms with van der Waals surface area (Å²) in [5.41, 5.74) is 8.47. The third-order valence-electron chi connectivity index (χ3n) is 3.26. The van der Waals surface area contributed by atoms with Gasteiger partial charge in [0.15, 0.2) is 11.6 Å². The SMILES string of the molecule is Nc1cccnc1Nc1cccc(C(=O)c2ccccc2)c1. The smallest absolute Gasteiger partial charge is 0.193 e. The van der Waals surface area contributed by atoms with Crippen molar-refractivity contribution in [3.05, 3.63) is 84.1 Å². The number of carbonyl (C=O) groups is 1. The Balaban J connectivity index is 1.87. The topological polar surface area (TPSA) is 68.0 Å². The summed E-state index contributed by atoms with van der Waals surface area (Å²) in [6, 6.07) is 20.0. The molecule has 1 heterocycles. The number of nitrogen functional groups attached to an aromatic ring is 1. The number of ketones is 1. The summed E-state index contributed by atoms with van der Waals surface area (Å²) in [6.45, 7) is 0. The molecule has 0 amide bonds. The number of pyridine rings is 1. The van der Waals surface area contributed by atoms with Gasteiger partial charge in [-0.3, -0.25) is 4.79 Å². The van der Waals surface area contributed by atoms with Gasteiger partial charge in [-0.05, 0) is 24.3 Å². The first-order chi connectivity index (χ1) is 10.7. The van der Waals surface area contributed by atoms with E-state index in [4.69, 9.17) is 5.73 Å². The molecule has 0 fully saturated rings. The molecule has 0 saturated heterocycles. The average Bonchev–Trinajstić information content (AvgIpc) is 2.57. The van der Waals surface area contributed by atoms with Gasteiger partial charge in [0.1, 0.15) is 0 Å². The van der Waals surface area contributed by atoms with Gasteiger partial charge < -0.3 is 11.1 Å². The Labute approximate surface area is 128 Å². The van der Waals surface area contributed by atoms with E-state index in [2.05, 4.69) is 10.3 Å². The van der Waals surface area contributed by atoms with Crippen molar-refractivity contribution in [2.45, 2.75) is 0 Å². The molecule has 22 heavy (non-hydrogen) atoms. The van der Waals surface area contributed by atoms with E-state index >= 15 is 0 Å². The first-order valence-electron chi connectivity index (χ1n) is 6.91. The van der Waals surface area contributed by atoms with Crippen molar-refractivity contribution in [2.24, 2.45) is 0 Å². The van der Waals surface area contributed by atoms with E-state index in [1.807, 2.05) is 30.3 Å². The van der Waals surface area contributed by atoms with Crippen LogP contribution < -0.4 is 11.1 Å². The minimum atomic E-state index is -0.0155. The zero-order chi connectivity index (χ0) is 15.4. The summed E-state index contributed by atoms with van der Waals surface area (Å²) in [6.07, 6.45) is 1.66. The molecule has 3 N–H and O–H groups in total. The quantitative estimate of drug-likeness (QED) is 0.720. The van der Waals surface area contributed by atoms with Crippen molar-refractivity contribution >= 4 is 23.0 Å². The molecular formula is C18H15N3O. The Hall–Kier alpha value is -3.14. The Kier molecular flexibility index (Phi) is 3.83. The fourth-order valence-electron chi connectivity index (χ4n) is 2.15. The molecule has 108 valence electrons. The van der Waals surface area contributed by atoms with Gasteiger partial charge in [-0.2, -0.15) is 0 Å². The molecule has 0 radical (unpaired) electrons. The van der Waals surface area contributed by atoms with Crippen LogP contribution in [0.4, 0.5) is 17.2 Å². The van der Waals surface area contributed by atoms with Crippen LogP contribution in [0.3, 0.4) is 0 Å². The molecule has 3 rings (SSSR count). The molecule has 2 aromatic carbocycles. The maximum Gasteiger partial charge on any atom is 0.193 e. The van der Waals surface area contributed by atoms with Gasteiger partial charge in [0.25, 0.3) is 0 Å². The second-order valence-corrected chi connectivity index (χ2v) is 4.84. The largest absolute Gasteiger partial charge is 0.396 e. The van der Waals surface area contributed by atoms with E-state index in [0.717, 1.165) is 5.69 Å². The molecule has 1 aromatic heterocycles. The summed E-state index contributed by atoms with van der Waals surface area (Å²) in [5, 5.41) is 3.13. The summed E-state index contributed by atoms with van der Waals surface area (Å²) in [5.74, 6) is 0.560. The van der Waals surface area contributed by atoms with Crippen LogP contribution in [0.15, 0.2) is 72.9 Å². The van der Waals surface area contributed by atoms with Crippen LogP contribution in [0.25, 0.3) is 0 Å². The fourth-order valence-corrected chi connectivity index (χ4v) is 2.15. The molecule has 0 aliphatic rings. The molecule has 0 aliphatic heterocycles. The van der Waals surface area contributed by atoms with E-state index in [1.165, 1.54) is 0 Å². The molecule has 4 nitrogen and oxygen atoms in total. The zero-order valence-electron chi connectivity index (χ0n) is 11.9. The van der Waals surface area contributed by atoms with Gasteiger partial charge in [-0.15, -0.1) is 0 Å². The van der Waals surface area contributed by atoms with Crippen molar-refractivity contribution in [1.82, 2.24) is 4.98 Å². The number of benzene rings is 2. The van der Waals surface area contributed by atoms with Crippen molar-refractivity contribution in [3.63, 3.8) is 0 Å². The Bertz CT molecular complexity index is 800. The van der Waals surface area contributed by atoms with Crippen molar-refractivity contribution < 1.29 is 4.79 Å². The summed E-state index contributed by atoms with van der Waals surface area (Å²) >= 11 is 0. The van der Waals surface area contributed by atoms with Crippen LogP contribution in [0, 0.1) is 0 Å². The normalized spacial score (nSPS) is 10.2. The lowest BCUT2D eigenvalue weighted by molar-refractivity contribution is 0.103. The summed E-state index contributed by atoms with van der Waals surface area (Å²) < 4.78 is 0. The molecule has 0 bridgehead atoms. The first-order valence-corrected chi connectivity index (χ1v) is 6.91. The predicted octanol–water partition coefficient (Wildman–Crippen LogP) is 3.64. The summed E-state index contributed by atoms with van der Waals surface area (Å²) in [4.78, 5) is 16.6. The average molecular weight is 289 g/mol. The van der Waals surface area contributed by atoms with Gasteiger partial charge in [-0.25, -0.2) is 4.98 Å². The standard InChI is InChI=1S/C18H15N3O/c19-16-10-5-11-20-18(16)21-15-9-4-8-14(12-15)17(22)13-6-2-1-3-7-13/h1-12H,19H2,(H,20,21). The van der Waals surface area contributed by atoms with E-state index in [9.17, 15) is 4.79 Å². The molecule has 0 unspecified atom stereocenters. The number of nitrogens with two attached hydrogens (primary N) is 1. The predicted molar refractivity (Wildman–Crippen MR) is 88.2 cm³/mol. The van der Waals surface area contributed by atoms with Crippen LogP contribution >= 0.6 is 0 Å². The lowest BCUT2D eigenvalue weighted by Gasteiger charge is -2.09. The van der Waals surface area contributed by atoms with Gasteiger partial charge in [-0.1, -0.05) is 42.5 Å². The van der Waals surface area contributed by atoms with Gasteiger partial charge in [0.05, 0.1) is 5.69 Å². The monoisotopic (exact) mass is 289 g/mol. The third-order valence-corrected chi connectivity index (χ3v) is 3.26. The Morgan fingerprint density at radius 2 is 1.68 bits per heavy atom. The number of hydrogen-bond donors (Lipinski definition) is 2. The van der Waals surface area contributed by atoms with Crippen LogP contribution in [0.2, 0.25) is 0 Å². The number of nitrogens with zero attached hydrogens (tertiary/aromatic N) is 1. The third kappa shape index (κ3) is 2.96. The van der Waals surface area contributed by atoms with Gasteiger partial charge >= 0.3 is 0 Å². The zero-order valence-corrected chi connectivity index (χ0v) is 11.9. The maximum atomic E-state index is 12.4. The highest BCUT2D eigenvalue weighted by atomic mass is 16.1. The molecule has 0 spiro atoms. The minimum Gasteiger partial charge on any atom is -0.396 e. The second kappa shape index (κ2) is 6.10. The Morgan fingerprint density at radius 1 is 0.909 bits per heavy atom. The van der Waals surface area contributed by atoms with Crippen molar-refractivity contribution in [1.29, 1.82) is 0 Å². The maximum absolute atomic E-state index is 12.4. The molecule has 3 aromatic rings. The Morgan fingerprint density at radius 3 is 2.45 bits per heavy atom. The van der Waals surface area contributed by atoms with E-state index in [0.29, 0.717) is 22.6 Å². The van der Waals surface area contributed by atoms with Crippen LogP contribution in [0.5, 0.6) is 0 Å². The van der Waals surface area contributed by atoms with Crippen LogP contribution in [-0.2, 0) is 0 Å². The number of anilines is 3.